The van der Waals surface area contributed by atoms with E-state index >= 15 is 0 Å². The standard InChI is InChI=1S/C16H24N2O3/c1-15(2,3)21-14(20)18-12-5-4-11(10-13(12)19)6-7-16(17)8-9-16/h4-5,10,19H,6-9,17H2,1-3H3,(H,18,20). The number of hydrogen-bond acceptors (Lipinski definition) is 4. The van der Waals surface area contributed by atoms with Crippen LogP contribution in [0.5, 0.6) is 5.75 Å². The number of carbonyl (C=O) groups is 1. The lowest BCUT2D eigenvalue weighted by atomic mass is 10.0. The van der Waals surface area contributed by atoms with E-state index in [0.29, 0.717) is 5.69 Å². The average Bonchev–Trinajstić information content (AvgIpc) is 3.06. The van der Waals surface area contributed by atoms with Crippen molar-refractivity contribution in [3.63, 3.8) is 0 Å². The summed E-state index contributed by atoms with van der Waals surface area (Å²) in [6.45, 7) is 5.36. The van der Waals surface area contributed by atoms with Crippen molar-refractivity contribution in [2.24, 2.45) is 5.73 Å². The minimum Gasteiger partial charge on any atom is -0.506 e. The smallest absolute Gasteiger partial charge is 0.412 e. The Kier molecular flexibility index (Phi) is 4.14. The maximum Gasteiger partial charge on any atom is 0.412 e. The van der Waals surface area contributed by atoms with Crippen LogP contribution in [0.3, 0.4) is 0 Å². The van der Waals surface area contributed by atoms with Crippen molar-refractivity contribution in [2.45, 2.75) is 57.6 Å². The first-order valence-electron chi connectivity index (χ1n) is 7.28. The molecule has 1 amide bonds. The highest BCUT2D eigenvalue weighted by molar-refractivity contribution is 5.86. The largest absolute Gasteiger partial charge is 0.506 e. The van der Waals surface area contributed by atoms with Crippen molar-refractivity contribution >= 4 is 11.8 Å². The van der Waals surface area contributed by atoms with E-state index < -0.39 is 11.7 Å². The number of carbonyl (C=O) groups excluding carboxylic acids is 1. The molecule has 0 radical (unpaired) electrons. The summed E-state index contributed by atoms with van der Waals surface area (Å²) in [5.41, 5.74) is 6.85. The molecule has 1 fully saturated rings. The molecule has 0 bridgehead atoms. The van der Waals surface area contributed by atoms with Gasteiger partial charge >= 0.3 is 6.09 Å². The van der Waals surface area contributed by atoms with Gasteiger partial charge in [0.25, 0.3) is 0 Å². The van der Waals surface area contributed by atoms with E-state index in [2.05, 4.69) is 5.32 Å². The van der Waals surface area contributed by atoms with E-state index in [0.717, 1.165) is 31.2 Å². The molecule has 1 aliphatic carbocycles. The number of aryl methyl sites for hydroxylation is 1. The van der Waals surface area contributed by atoms with E-state index in [9.17, 15) is 9.90 Å². The molecule has 0 aromatic heterocycles. The van der Waals surface area contributed by atoms with Crippen LogP contribution in [0.15, 0.2) is 18.2 Å². The van der Waals surface area contributed by atoms with Gasteiger partial charge in [-0.25, -0.2) is 4.79 Å². The minimum absolute atomic E-state index is 0.00303. The van der Waals surface area contributed by atoms with Gasteiger partial charge in [-0.15, -0.1) is 0 Å². The Morgan fingerprint density at radius 1 is 1.43 bits per heavy atom. The van der Waals surface area contributed by atoms with E-state index in [1.54, 1.807) is 32.9 Å². The zero-order chi connectivity index (χ0) is 15.7. The first-order valence-corrected chi connectivity index (χ1v) is 7.28. The highest BCUT2D eigenvalue weighted by Crippen LogP contribution is 2.37. The quantitative estimate of drug-likeness (QED) is 0.744. The molecule has 0 heterocycles. The Bertz CT molecular complexity index is 531. The SMILES string of the molecule is CC(C)(C)OC(=O)Nc1ccc(CCC2(N)CC2)cc1O. The van der Waals surface area contributed by atoms with Crippen LogP contribution < -0.4 is 11.1 Å². The topological polar surface area (TPSA) is 84.6 Å². The van der Waals surface area contributed by atoms with Crippen molar-refractivity contribution in [3.05, 3.63) is 23.8 Å². The molecular formula is C16H24N2O3. The van der Waals surface area contributed by atoms with Crippen LogP contribution in [0, 0.1) is 0 Å². The van der Waals surface area contributed by atoms with Gasteiger partial charge in [0.2, 0.25) is 0 Å². The second-order valence-corrected chi connectivity index (χ2v) is 6.84. The summed E-state index contributed by atoms with van der Waals surface area (Å²) in [6.07, 6.45) is 3.33. The summed E-state index contributed by atoms with van der Waals surface area (Å²) in [4.78, 5) is 11.7. The fraction of sp³-hybridized carbons (Fsp3) is 0.562. The maximum atomic E-state index is 11.7. The predicted molar refractivity (Wildman–Crippen MR) is 82.4 cm³/mol. The number of phenolic OH excluding ortho intramolecular Hbond substituents is 1. The number of nitrogens with two attached hydrogens (primary N) is 1. The van der Waals surface area contributed by atoms with Crippen LogP contribution in [-0.2, 0) is 11.2 Å². The molecular weight excluding hydrogens is 268 g/mol. The molecule has 1 aromatic rings. The third-order valence-electron chi connectivity index (χ3n) is 3.50. The molecule has 21 heavy (non-hydrogen) atoms. The number of amides is 1. The monoisotopic (exact) mass is 292 g/mol. The second kappa shape index (κ2) is 5.56. The lowest BCUT2D eigenvalue weighted by Crippen LogP contribution is -2.27. The first kappa shape index (κ1) is 15.6. The van der Waals surface area contributed by atoms with Gasteiger partial charge in [0.05, 0.1) is 5.69 Å². The van der Waals surface area contributed by atoms with Crippen LogP contribution >= 0.6 is 0 Å². The molecule has 5 heteroatoms. The molecule has 0 spiro atoms. The van der Waals surface area contributed by atoms with Crippen LogP contribution in [0.1, 0.15) is 45.6 Å². The summed E-state index contributed by atoms with van der Waals surface area (Å²) < 4.78 is 5.15. The predicted octanol–water partition coefficient (Wildman–Crippen LogP) is 3.16. The Morgan fingerprint density at radius 2 is 2.10 bits per heavy atom. The summed E-state index contributed by atoms with van der Waals surface area (Å²) in [5, 5.41) is 12.5. The van der Waals surface area contributed by atoms with Gasteiger partial charge in [-0.1, -0.05) is 6.07 Å². The Labute approximate surface area is 125 Å². The third-order valence-corrected chi connectivity index (χ3v) is 3.50. The number of ether oxygens (including phenoxy) is 1. The van der Waals surface area contributed by atoms with Gasteiger partial charge in [-0.2, -0.15) is 0 Å². The highest BCUT2D eigenvalue weighted by Gasteiger charge is 2.37. The molecule has 0 saturated heterocycles. The summed E-state index contributed by atoms with van der Waals surface area (Å²) in [5.74, 6) is 0.0419. The summed E-state index contributed by atoms with van der Waals surface area (Å²) in [6, 6.07) is 5.24. The van der Waals surface area contributed by atoms with Gasteiger partial charge in [0.15, 0.2) is 0 Å². The van der Waals surface area contributed by atoms with Crippen LogP contribution in [0.2, 0.25) is 0 Å². The second-order valence-electron chi connectivity index (χ2n) is 6.84. The van der Waals surface area contributed by atoms with Crippen LogP contribution in [-0.4, -0.2) is 22.3 Å². The van der Waals surface area contributed by atoms with Crippen molar-refractivity contribution < 1.29 is 14.6 Å². The molecule has 0 atom stereocenters. The van der Waals surface area contributed by atoms with Crippen molar-refractivity contribution in [3.8, 4) is 5.75 Å². The van der Waals surface area contributed by atoms with Crippen molar-refractivity contribution in [2.75, 3.05) is 5.32 Å². The lowest BCUT2D eigenvalue weighted by molar-refractivity contribution is 0.0635. The number of phenols is 1. The van der Waals surface area contributed by atoms with Gasteiger partial charge in [-0.3, -0.25) is 5.32 Å². The first-order chi connectivity index (χ1) is 9.67. The zero-order valence-electron chi connectivity index (χ0n) is 12.9. The average molecular weight is 292 g/mol. The molecule has 5 nitrogen and oxygen atoms in total. The van der Waals surface area contributed by atoms with Gasteiger partial charge in [0.1, 0.15) is 11.4 Å². The van der Waals surface area contributed by atoms with Gasteiger partial charge in [-0.05, 0) is 64.2 Å². The Hall–Kier alpha value is -1.75. The zero-order valence-corrected chi connectivity index (χ0v) is 12.9. The minimum atomic E-state index is -0.579. The highest BCUT2D eigenvalue weighted by atomic mass is 16.6. The number of hydrogen-bond donors (Lipinski definition) is 3. The lowest BCUT2D eigenvalue weighted by Gasteiger charge is -2.20. The molecule has 0 aliphatic heterocycles. The van der Waals surface area contributed by atoms with Crippen LogP contribution in [0.4, 0.5) is 10.5 Å². The molecule has 0 unspecified atom stereocenters. The molecule has 2 rings (SSSR count). The van der Waals surface area contributed by atoms with Crippen molar-refractivity contribution in [1.82, 2.24) is 0 Å². The number of aromatic hydroxyl groups is 1. The summed E-state index contributed by atoms with van der Waals surface area (Å²) >= 11 is 0. The molecule has 4 N–H and O–H groups in total. The Morgan fingerprint density at radius 3 is 2.62 bits per heavy atom. The molecule has 116 valence electrons. The number of benzene rings is 1. The normalized spacial score (nSPS) is 16.4. The molecule has 1 aromatic carbocycles. The van der Waals surface area contributed by atoms with Gasteiger partial charge < -0.3 is 15.6 Å². The van der Waals surface area contributed by atoms with E-state index in [1.165, 1.54) is 0 Å². The fourth-order valence-electron chi connectivity index (χ4n) is 2.06. The van der Waals surface area contributed by atoms with Crippen molar-refractivity contribution in [1.29, 1.82) is 0 Å². The molecule has 1 aliphatic rings. The molecule has 1 saturated carbocycles. The maximum absolute atomic E-state index is 11.7. The van der Waals surface area contributed by atoms with Crippen LogP contribution in [0.25, 0.3) is 0 Å². The summed E-state index contributed by atoms with van der Waals surface area (Å²) in [7, 11) is 0. The number of anilines is 1. The Balaban J connectivity index is 1.93. The number of rotatable bonds is 4. The van der Waals surface area contributed by atoms with E-state index in [-0.39, 0.29) is 11.3 Å². The third kappa shape index (κ3) is 4.93. The fourth-order valence-corrected chi connectivity index (χ4v) is 2.06. The van der Waals surface area contributed by atoms with E-state index in [4.69, 9.17) is 10.5 Å². The van der Waals surface area contributed by atoms with Gasteiger partial charge in [0, 0.05) is 5.54 Å². The number of nitrogens with one attached hydrogen (secondary N) is 1. The van der Waals surface area contributed by atoms with E-state index in [1.807, 2.05) is 6.07 Å².